The Kier molecular flexibility index (Phi) is 3.85. The molecule has 18 heavy (non-hydrogen) atoms. The maximum Gasteiger partial charge on any atom is 0.223 e. The number of hydrogen-bond donors (Lipinski definition) is 0. The maximum absolute atomic E-state index is 11.9. The molecule has 0 fully saturated rings. The summed E-state index contributed by atoms with van der Waals surface area (Å²) in [4.78, 5) is 25.3. The molecule has 1 heterocycles. The van der Waals surface area contributed by atoms with Crippen LogP contribution in [-0.2, 0) is 11.2 Å². The van der Waals surface area contributed by atoms with E-state index < -0.39 is 0 Å². The van der Waals surface area contributed by atoms with E-state index >= 15 is 0 Å². The highest BCUT2D eigenvalue weighted by Crippen LogP contribution is 2.33. The Balaban J connectivity index is 2.53. The Morgan fingerprint density at radius 3 is 2.72 bits per heavy atom. The first kappa shape index (κ1) is 13.3. The molecule has 1 aromatic rings. The van der Waals surface area contributed by atoms with Gasteiger partial charge in [-0.15, -0.1) is 0 Å². The van der Waals surface area contributed by atoms with Gasteiger partial charge in [0.15, 0.2) is 5.78 Å². The standard InChI is InChI=1S/C14H16BrNO2/c1-3-14(18)11-8-13-10(7-12(11)15)5-4-6-16(13)9(2)17/h7-8H,3-6H2,1-2H3. The number of halogens is 1. The number of carbonyl (C=O) groups excluding carboxylic acids is 2. The quantitative estimate of drug-likeness (QED) is 0.786. The number of benzene rings is 1. The minimum absolute atomic E-state index is 0.0353. The van der Waals surface area contributed by atoms with Crippen LogP contribution in [0.1, 0.15) is 42.6 Å². The van der Waals surface area contributed by atoms with Gasteiger partial charge in [-0.1, -0.05) is 22.9 Å². The molecule has 1 aliphatic rings. The van der Waals surface area contributed by atoms with Gasteiger partial charge in [0, 0.05) is 35.6 Å². The number of aryl methyl sites for hydroxylation is 1. The van der Waals surface area contributed by atoms with E-state index in [2.05, 4.69) is 15.9 Å². The third-order valence-corrected chi connectivity index (χ3v) is 3.94. The fourth-order valence-corrected chi connectivity index (χ4v) is 2.95. The van der Waals surface area contributed by atoms with Crippen LogP contribution in [0, 0.1) is 0 Å². The number of rotatable bonds is 2. The van der Waals surface area contributed by atoms with Gasteiger partial charge in [0.1, 0.15) is 0 Å². The van der Waals surface area contributed by atoms with Crippen molar-refractivity contribution in [2.75, 3.05) is 11.4 Å². The van der Waals surface area contributed by atoms with E-state index in [9.17, 15) is 9.59 Å². The molecule has 0 saturated heterocycles. The molecule has 0 aromatic heterocycles. The summed E-state index contributed by atoms with van der Waals surface area (Å²) in [6.07, 6.45) is 2.40. The van der Waals surface area contributed by atoms with Crippen LogP contribution in [0.5, 0.6) is 0 Å². The first-order valence-corrected chi connectivity index (χ1v) is 6.97. The number of amides is 1. The van der Waals surface area contributed by atoms with Crippen molar-refractivity contribution in [1.29, 1.82) is 0 Å². The van der Waals surface area contributed by atoms with E-state index in [1.807, 2.05) is 19.1 Å². The van der Waals surface area contributed by atoms with Crippen molar-refractivity contribution >= 4 is 33.3 Å². The highest BCUT2D eigenvalue weighted by atomic mass is 79.9. The van der Waals surface area contributed by atoms with E-state index in [1.54, 1.807) is 11.8 Å². The van der Waals surface area contributed by atoms with E-state index in [-0.39, 0.29) is 11.7 Å². The molecule has 4 heteroatoms. The van der Waals surface area contributed by atoms with E-state index in [0.29, 0.717) is 12.0 Å². The molecule has 3 nitrogen and oxygen atoms in total. The smallest absolute Gasteiger partial charge is 0.223 e. The number of hydrogen-bond acceptors (Lipinski definition) is 2. The number of fused-ring (bicyclic) bond motifs is 1. The monoisotopic (exact) mass is 309 g/mol. The van der Waals surface area contributed by atoms with Crippen LogP contribution >= 0.6 is 15.9 Å². The molecule has 96 valence electrons. The zero-order valence-electron chi connectivity index (χ0n) is 10.6. The SMILES string of the molecule is CCC(=O)c1cc2c(cc1Br)CCCN2C(C)=O. The molecule has 0 saturated carbocycles. The minimum atomic E-state index is 0.0353. The number of carbonyl (C=O) groups is 2. The molecule has 0 bridgehead atoms. The Morgan fingerprint density at radius 2 is 2.11 bits per heavy atom. The number of ketones is 1. The highest BCUT2D eigenvalue weighted by Gasteiger charge is 2.22. The second-order valence-electron chi connectivity index (χ2n) is 4.51. The summed E-state index contributed by atoms with van der Waals surface area (Å²) in [6.45, 7) is 4.15. The molecule has 1 amide bonds. The van der Waals surface area contributed by atoms with Crippen LogP contribution in [0.4, 0.5) is 5.69 Å². The number of anilines is 1. The molecular formula is C14H16BrNO2. The maximum atomic E-state index is 11.9. The van der Waals surface area contributed by atoms with E-state index in [4.69, 9.17) is 0 Å². The van der Waals surface area contributed by atoms with Crippen molar-refractivity contribution < 1.29 is 9.59 Å². The fraction of sp³-hybridized carbons (Fsp3) is 0.429. The normalized spacial score (nSPS) is 14.3. The second-order valence-corrected chi connectivity index (χ2v) is 5.37. The van der Waals surface area contributed by atoms with Gasteiger partial charge in [-0.2, -0.15) is 0 Å². The second kappa shape index (κ2) is 5.22. The summed E-state index contributed by atoms with van der Waals surface area (Å²) in [5.74, 6) is 0.131. The Morgan fingerprint density at radius 1 is 1.39 bits per heavy atom. The minimum Gasteiger partial charge on any atom is -0.312 e. The summed E-state index contributed by atoms with van der Waals surface area (Å²) >= 11 is 3.45. The third-order valence-electron chi connectivity index (χ3n) is 3.29. The van der Waals surface area contributed by atoms with Crippen molar-refractivity contribution in [3.63, 3.8) is 0 Å². The van der Waals surface area contributed by atoms with E-state index in [1.165, 1.54) is 0 Å². The summed E-state index contributed by atoms with van der Waals surface area (Å²) in [6, 6.07) is 3.83. The molecule has 0 aliphatic carbocycles. The molecule has 0 spiro atoms. The molecule has 0 N–H and O–H groups in total. The first-order chi connectivity index (χ1) is 8.54. The van der Waals surface area contributed by atoms with Gasteiger partial charge in [-0.25, -0.2) is 0 Å². The van der Waals surface area contributed by atoms with Gasteiger partial charge in [0.2, 0.25) is 5.91 Å². The molecule has 1 aromatic carbocycles. The third kappa shape index (κ3) is 2.34. The summed E-state index contributed by atoms with van der Waals surface area (Å²) < 4.78 is 0.832. The van der Waals surface area contributed by atoms with Crippen molar-refractivity contribution in [3.05, 3.63) is 27.7 Å². The lowest BCUT2D eigenvalue weighted by molar-refractivity contribution is -0.116. The van der Waals surface area contributed by atoms with Crippen LogP contribution in [0.25, 0.3) is 0 Å². The topological polar surface area (TPSA) is 37.4 Å². The number of Topliss-reactive ketones (excluding diaryl/α,β-unsaturated/α-hetero) is 1. The lowest BCUT2D eigenvalue weighted by atomic mass is 9.97. The van der Waals surface area contributed by atoms with Gasteiger partial charge >= 0.3 is 0 Å². The van der Waals surface area contributed by atoms with Crippen molar-refractivity contribution in [1.82, 2.24) is 0 Å². The van der Waals surface area contributed by atoms with Crippen molar-refractivity contribution in [2.24, 2.45) is 0 Å². The molecule has 0 atom stereocenters. The Labute approximate surface area is 115 Å². The highest BCUT2D eigenvalue weighted by molar-refractivity contribution is 9.10. The van der Waals surface area contributed by atoms with Crippen LogP contribution in [-0.4, -0.2) is 18.2 Å². The first-order valence-electron chi connectivity index (χ1n) is 6.18. The van der Waals surface area contributed by atoms with Crippen LogP contribution in [0.3, 0.4) is 0 Å². The summed E-state index contributed by atoms with van der Waals surface area (Å²) in [5.41, 5.74) is 2.70. The Bertz CT molecular complexity index is 511. The van der Waals surface area contributed by atoms with Gasteiger partial charge in [-0.05, 0) is 30.5 Å². The summed E-state index contributed by atoms with van der Waals surface area (Å²) in [5, 5.41) is 0. The van der Waals surface area contributed by atoms with Crippen LogP contribution in [0.2, 0.25) is 0 Å². The Hall–Kier alpha value is -1.16. The summed E-state index contributed by atoms with van der Waals surface area (Å²) in [7, 11) is 0. The van der Waals surface area contributed by atoms with Crippen molar-refractivity contribution in [2.45, 2.75) is 33.1 Å². The fourth-order valence-electron chi connectivity index (χ4n) is 2.33. The van der Waals surface area contributed by atoms with Gasteiger partial charge < -0.3 is 4.90 Å². The zero-order valence-corrected chi connectivity index (χ0v) is 12.2. The average Bonchev–Trinajstić information content (AvgIpc) is 2.36. The number of nitrogens with zero attached hydrogens (tertiary/aromatic N) is 1. The molecule has 0 radical (unpaired) electrons. The van der Waals surface area contributed by atoms with Crippen molar-refractivity contribution in [3.8, 4) is 0 Å². The zero-order chi connectivity index (χ0) is 13.3. The molecule has 2 rings (SSSR count). The van der Waals surface area contributed by atoms with Crippen LogP contribution < -0.4 is 4.90 Å². The molecule has 0 unspecified atom stereocenters. The predicted octanol–water partition coefficient (Wildman–Crippen LogP) is 3.34. The predicted molar refractivity (Wildman–Crippen MR) is 75.1 cm³/mol. The molecular weight excluding hydrogens is 294 g/mol. The average molecular weight is 310 g/mol. The lowest BCUT2D eigenvalue weighted by Crippen LogP contribution is -2.33. The van der Waals surface area contributed by atoms with Gasteiger partial charge in [0.05, 0.1) is 0 Å². The largest absolute Gasteiger partial charge is 0.312 e. The van der Waals surface area contributed by atoms with Gasteiger partial charge in [-0.3, -0.25) is 9.59 Å². The molecule has 1 aliphatic heterocycles. The van der Waals surface area contributed by atoms with E-state index in [0.717, 1.165) is 35.1 Å². The van der Waals surface area contributed by atoms with Crippen LogP contribution in [0.15, 0.2) is 16.6 Å². The lowest BCUT2D eigenvalue weighted by Gasteiger charge is -2.29. The van der Waals surface area contributed by atoms with Gasteiger partial charge in [0.25, 0.3) is 0 Å².